The van der Waals surface area contributed by atoms with Gasteiger partial charge in [-0.25, -0.2) is 0 Å². The summed E-state index contributed by atoms with van der Waals surface area (Å²) in [5.74, 6) is -0.220. The highest BCUT2D eigenvalue weighted by atomic mass is 79.9. The van der Waals surface area contributed by atoms with Gasteiger partial charge in [0.15, 0.2) is 11.7 Å². The Morgan fingerprint density at radius 2 is 2.12 bits per heavy atom. The molecular weight excluding hydrogens is 438 g/mol. The first-order valence-corrected chi connectivity index (χ1v) is 9.52. The molecule has 3 N–H and O–H groups in total. The van der Waals surface area contributed by atoms with E-state index >= 15 is 0 Å². The minimum atomic E-state index is -0.432. The average molecular weight is 454 g/mol. The monoisotopic (exact) mass is 453 g/mol. The van der Waals surface area contributed by atoms with Crippen molar-refractivity contribution in [3.8, 4) is 5.75 Å². The number of thiocarbonyl (C=S) groups is 1. The second-order valence-electron chi connectivity index (χ2n) is 5.04. The van der Waals surface area contributed by atoms with E-state index in [1.807, 2.05) is 36.6 Å². The molecule has 0 saturated heterocycles. The van der Waals surface area contributed by atoms with Gasteiger partial charge in [-0.1, -0.05) is 22.0 Å². The van der Waals surface area contributed by atoms with E-state index < -0.39 is 11.8 Å². The van der Waals surface area contributed by atoms with Gasteiger partial charge in [0.25, 0.3) is 5.91 Å². The molecule has 26 heavy (non-hydrogen) atoms. The molecule has 2 amide bonds. The largest absolute Gasteiger partial charge is 0.483 e. The van der Waals surface area contributed by atoms with Crippen molar-refractivity contribution >= 4 is 62.5 Å². The molecule has 0 radical (unpaired) electrons. The number of aryl methyl sites for hydroxylation is 1. The van der Waals surface area contributed by atoms with Crippen molar-refractivity contribution in [1.82, 2.24) is 16.2 Å². The number of nitrogens with one attached hydrogen (secondary N) is 3. The molecule has 0 atom stereocenters. The lowest BCUT2D eigenvalue weighted by Crippen LogP contribution is -2.49. The van der Waals surface area contributed by atoms with Crippen molar-refractivity contribution in [2.75, 3.05) is 6.61 Å². The zero-order valence-corrected chi connectivity index (χ0v) is 17.0. The number of hydrazine groups is 1. The van der Waals surface area contributed by atoms with Gasteiger partial charge < -0.3 is 4.74 Å². The predicted molar refractivity (Wildman–Crippen MR) is 110 cm³/mol. The number of carbonyl (C=O) groups is 2. The Morgan fingerprint density at radius 1 is 1.31 bits per heavy atom. The first-order valence-electron chi connectivity index (χ1n) is 7.44. The lowest BCUT2D eigenvalue weighted by atomic mass is 10.2. The van der Waals surface area contributed by atoms with Gasteiger partial charge >= 0.3 is 0 Å². The molecule has 1 aromatic carbocycles. The molecule has 0 unspecified atom stereocenters. The number of carbonyl (C=O) groups excluding carboxylic acids is 2. The third kappa shape index (κ3) is 6.95. The fraction of sp³-hybridized carbons (Fsp3) is 0.118. The number of ether oxygens (including phenoxy) is 1. The number of thiophene rings is 1. The molecule has 0 spiro atoms. The summed E-state index contributed by atoms with van der Waals surface area (Å²) in [5.41, 5.74) is 5.71. The van der Waals surface area contributed by atoms with E-state index in [0.717, 1.165) is 14.9 Å². The van der Waals surface area contributed by atoms with Crippen molar-refractivity contribution in [2.24, 2.45) is 0 Å². The summed E-state index contributed by atoms with van der Waals surface area (Å²) in [5, 5.41) is 4.32. The van der Waals surface area contributed by atoms with E-state index in [1.54, 1.807) is 12.1 Å². The van der Waals surface area contributed by atoms with Crippen molar-refractivity contribution in [3.63, 3.8) is 0 Å². The van der Waals surface area contributed by atoms with Crippen LogP contribution >= 0.6 is 39.5 Å². The molecule has 1 aromatic heterocycles. The predicted octanol–water partition coefficient (Wildman–Crippen LogP) is 2.93. The van der Waals surface area contributed by atoms with E-state index in [0.29, 0.717) is 5.75 Å². The lowest BCUT2D eigenvalue weighted by Gasteiger charge is -2.11. The van der Waals surface area contributed by atoms with Gasteiger partial charge in [-0.2, -0.15) is 0 Å². The maximum Gasteiger partial charge on any atom is 0.276 e. The van der Waals surface area contributed by atoms with E-state index in [4.69, 9.17) is 17.0 Å². The topological polar surface area (TPSA) is 79.5 Å². The van der Waals surface area contributed by atoms with Crippen LogP contribution in [0.3, 0.4) is 0 Å². The summed E-state index contributed by atoms with van der Waals surface area (Å²) in [4.78, 5) is 24.4. The summed E-state index contributed by atoms with van der Waals surface area (Å²) in [6.07, 6.45) is 3.04. The Kier molecular flexibility index (Phi) is 7.76. The Hall–Kier alpha value is -2.23. The second kappa shape index (κ2) is 10.0. The number of benzene rings is 1. The highest BCUT2D eigenvalue weighted by Gasteiger charge is 2.06. The first-order chi connectivity index (χ1) is 12.4. The molecule has 0 fully saturated rings. The fourth-order valence-electron chi connectivity index (χ4n) is 1.81. The highest BCUT2D eigenvalue weighted by Crippen LogP contribution is 2.21. The van der Waals surface area contributed by atoms with Crippen LogP contribution in [0.2, 0.25) is 0 Å². The second-order valence-corrected chi connectivity index (χ2v) is 7.34. The van der Waals surface area contributed by atoms with Crippen LogP contribution in [0.4, 0.5) is 0 Å². The molecule has 6 nitrogen and oxygen atoms in total. The summed E-state index contributed by atoms with van der Waals surface area (Å²) in [7, 11) is 0. The van der Waals surface area contributed by atoms with Crippen molar-refractivity contribution in [3.05, 3.63) is 56.7 Å². The highest BCUT2D eigenvalue weighted by molar-refractivity contribution is 9.10. The Balaban J connectivity index is 1.69. The number of hydrogen-bond acceptors (Lipinski definition) is 5. The van der Waals surface area contributed by atoms with Gasteiger partial charge in [-0.05, 0) is 60.4 Å². The van der Waals surface area contributed by atoms with E-state index in [1.165, 1.54) is 17.4 Å². The Morgan fingerprint density at radius 3 is 2.81 bits per heavy atom. The Labute approximate surface area is 168 Å². The summed E-state index contributed by atoms with van der Waals surface area (Å²) >= 11 is 9.82. The van der Waals surface area contributed by atoms with Crippen molar-refractivity contribution in [1.29, 1.82) is 0 Å². The van der Waals surface area contributed by atoms with Crippen molar-refractivity contribution in [2.45, 2.75) is 6.92 Å². The fourth-order valence-corrected chi connectivity index (χ4v) is 3.05. The number of halogens is 1. The zero-order chi connectivity index (χ0) is 18.9. The molecule has 2 aromatic rings. The normalized spacial score (nSPS) is 10.4. The SMILES string of the molecule is Cc1cc(Br)ccc1OCC(=O)NNC(=S)NC(=O)C=Cc1cccs1. The smallest absolute Gasteiger partial charge is 0.276 e. The first kappa shape index (κ1) is 20.1. The molecule has 0 aliphatic rings. The van der Waals surface area contributed by atoms with Gasteiger partial charge in [-0.3, -0.25) is 25.8 Å². The average Bonchev–Trinajstić information content (AvgIpc) is 3.11. The summed E-state index contributed by atoms with van der Waals surface area (Å²) < 4.78 is 6.37. The Bertz CT molecular complexity index is 823. The zero-order valence-electron chi connectivity index (χ0n) is 13.7. The molecule has 0 aliphatic heterocycles. The quantitative estimate of drug-likeness (QED) is 0.368. The van der Waals surface area contributed by atoms with Crippen LogP contribution in [0, 0.1) is 6.92 Å². The molecule has 1 heterocycles. The molecule has 0 aliphatic carbocycles. The van der Waals surface area contributed by atoms with Crippen LogP contribution in [0.1, 0.15) is 10.4 Å². The minimum Gasteiger partial charge on any atom is -0.483 e. The number of hydrogen-bond donors (Lipinski definition) is 3. The molecule has 2 rings (SSSR count). The molecular formula is C17H16BrN3O3S2. The third-order valence-corrected chi connectivity index (χ3v) is 4.53. The van der Waals surface area contributed by atoms with Gasteiger partial charge in [-0.15, -0.1) is 11.3 Å². The number of amides is 2. The van der Waals surface area contributed by atoms with E-state index in [2.05, 4.69) is 32.1 Å². The van der Waals surface area contributed by atoms with Crippen molar-refractivity contribution < 1.29 is 14.3 Å². The maximum absolute atomic E-state index is 11.8. The van der Waals surface area contributed by atoms with Crippen LogP contribution in [0.25, 0.3) is 6.08 Å². The van der Waals surface area contributed by atoms with Crippen LogP contribution in [0.15, 0.2) is 46.3 Å². The maximum atomic E-state index is 11.8. The van der Waals surface area contributed by atoms with Gasteiger partial charge in [0.05, 0.1) is 0 Å². The van der Waals surface area contributed by atoms with Gasteiger partial charge in [0, 0.05) is 15.4 Å². The van der Waals surface area contributed by atoms with Crippen LogP contribution in [-0.2, 0) is 9.59 Å². The van der Waals surface area contributed by atoms with Gasteiger partial charge in [0.1, 0.15) is 5.75 Å². The molecule has 136 valence electrons. The lowest BCUT2D eigenvalue weighted by molar-refractivity contribution is -0.123. The van der Waals surface area contributed by atoms with E-state index in [-0.39, 0.29) is 11.7 Å². The standard InChI is InChI=1S/C17H16BrN3O3S2/c1-11-9-12(18)4-6-14(11)24-10-16(23)20-21-17(25)19-15(22)7-5-13-3-2-8-26-13/h2-9H,10H2,1H3,(H,20,23)(H2,19,21,22,25). The summed E-state index contributed by atoms with van der Waals surface area (Å²) in [6.45, 7) is 1.69. The van der Waals surface area contributed by atoms with Crippen LogP contribution in [-0.4, -0.2) is 23.5 Å². The van der Waals surface area contributed by atoms with Crippen LogP contribution in [0.5, 0.6) is 5.75 Å². The van der Waals surface area contributed by atoms with E-state index in [9.17, 15) is 9.59 Å². The minimum absolute atomic E-state index is 0.0148. The number of rotatable bonds is 5. The van der Waals surface area contributed by atoms with Gasteiger partial charge in [0.2, 0.25) is 5.91 Å². The molecule has 0 bridgehead atoms. The molecule has 9 heteroatoms. The summed E-state index contributed by atoms with van der Waals surface area (Å²) in [6, 6.07) is 9.26. The van der Waals surface area contributed by atoms with Crippen LogP contribution < -0.4 is 20.9 Å². The molecule has 0 saturated carbocycles. The third-order valence-electron chi connectivity index (χ3n) is 2.99.